The van der Waals surface area contributed by atoms with Crippen molar-refractivity contribution >= 4 is 61.3 Å². The van der Waals surface area contributed by atoms with Crippen LogP contribution in [0.25, 0.3) is 44.0 Å². The molecule has 0 aliphatic carbocycles. The summed E-state index contributed by atoms with van der Waals surface area (Å²) in [5, 5.41) is 4.09. The fraction of sp³-hybridized carbons (Fsp3) is 0. The van der Waals surface area contributed by atoms with Crippen LogP contribution in [0.5, 0.6) is 0 Å². The van der Waals surface area contributed by atoms with Crippen LogP contribution in [0, 0.1) is 0 Å². The molecule has 0 radical (unpaired) electrons. The fourth-order valence-corrected chi connectivity index (χ4v) is 4.41. The van der Waals surface area contributed by atoms with Gasteiger partial charge in [0.1, 0.15) is 28.4 Å². The van der Waals surface area contributed by atoms with E-state index in [1.165, 1.54) is 0 Å². The predicted octanol–water partition coefficient (Wildman–Crippen LogP) is 7.75. The summed E-state index contributed by atoms with van der Waals surface area (Å²) in [6.45, 7) is 0. The SMILES string of the molecule is c1ccc(N(c2cc3oc4ccccc4c3cn2)c2ccc3c(n2)oc2ccccc23)cc1. The van der Waals surface area contributed by atoms with Gasteiger partial charge >= 0.3 is 0 Å². The van der Waals surface area contributed by atoms with Gasteiger partial charge in [-0.1, -0.05) is 54.6 Å². The van der Waals surface area contributed by atoms with Gasteiger partial charge in [-0.15, -0.1) is 0 Å². The van der Waals surface area contributed by atoms with Crippen LogP contribution in [0.4, 0.5) is 17.3 Å². The van der Waals surface area contributed by atoms with Crippen LogP contribution in [0.3, 0.4) is 0 Å². The Kier molecular flexibility index (Phi) is 3.78. The fourth-order valence-electron chi connectivity index (χ4n) is 4.41. The highest BCUT2D eigenvalue weighted by molar-refractivity contribution is 6.06. The van der Waals surface area contributed by atoms with Crippen LogP contribution in [-0.4, -0.2) is 9.97 Å². The lowest BCUT2D eigenvalue weighted by atomic mass is 10.2. The van der Waals surface area contributed by atoms with Crippen molar-refractivity contribution in [3.05, 3.63) is 103 Å². The summed E-state index contributed by atoms with van der Waals surface area (Å²) in [4.78, 5) is 11.7. The molecule has 0 saturated heterocycles. The molecule has 4 aromatic heterocycles. The molecule has 0 aliphatic rings. The average molecular weight is 427 g/mol. The van der Waals surface area contributed by atoms with Gasteiger partial charge < -0.3 is 8.83 Å². The first kappa shape index (κ1) is 18.0. The lowest BCUT2D eigenvalue weighted by Crippen LogP contribution is -2.12. The van der Waals surface area contributed by atoms with E-state index in [4.69, 9.17) is 18.8 Å². The summed E-state index contributed by atoms with van der Waals surface area (Å²) in [6.07, 6.45) is 1.87. The highest BCUT2D eigenvalue weighted by Crippen LogP contribution is 2.37. The molecule has 0 unspecified atom stereocenters. The summed E-state index contributed by atoms with van der Waals surface area (Å²) in [5.41, 5.74) is 4.00. The maximum Gasteiger partial charge on any atom is 0.229 e. The predicted molar refractivity (Wildman–Crippen MR) is 131 cm³/mol. The molecule has 0 atom stereocenters. The Bertz CT molecular complexity index is 1670. The minimum Gasteiger partial charge on any atom is -0.456 e. The van der Waals surface area contributed by atoms with Crippen molar-refractivity contribution in [3.63, 3.8) is 0 Å². The number of anilines is 3. The second kappa shape index (κ2) is 6.93. The van der Waals surface area contributed by atoms with Crippen molar-refractivity contribution < 1.29 is 8.83 Å². The lowest BCUT2D eigenvalue weighted by Gasteiger charge is -2.22. The molecule has 0 N–H and O–H groups in total. The molecule has 156 valence electrons. The summed E-state index contributed by atoms with van der Waals surface area (Å²) < 4.78 is 12.2. The van der Waals surface area contributed by atoms with Gasteiger partial charge in [0, 0.05) is 39.5 Å². The van der Waals surface area contributed by atoms with E-state index in [2.05, 4.69) is 18.2 Å². The van der Waals surface area contributed by atoms with Crippen LogP contribution in [0.15, 0.2) is 112 Å². The number of benzene rings is 3. The van der Waals surface area contributed by atoms with Crippen LogP contribution in [-0.2, 0) is 0 Å². The van der Waals surface area contributed by atoms with Gasteiger partial charge in [-0.05, 0) is 36.4 Å². The zero-order valence-electron chi connectivity index (χ0n) is 17.5. The lowest BCUT2D eigenvalue weighted by molar-refractivity contribution is 0.654. The molecule has 5 nitrogen and oxygen atoms in total. The number of nitrogens with zero attached hydrogens (tertiary/aromatic N) is 3. The Labute approximate surface area is 188 Å². The molecule has 7 rings (SSSR count). The minimum atomic E-state index is 0.597. The third-order valence-electron chi connectivity index (χ3n) is 5.95. The molecule has 4 heterocycles. The zero-order chi connectivity index (χ0) is 21.8. The second-order valence-electron chi connectivity index (χ2n) is 7.93. The maximum absolute atomic E-state index is 6.12. The van der Waals surface area contributed by atoms with Gasteiger partial charge in [-0.3, -0.25) is 4.90 Å². The molecular weight excluding hydrogens is 410 g/mol. The first-order valence-electron chi connectivity index (χ1n) is 10.8. The first-order valence-corrected chi connectivity index (χ1v) is 10.8. The van der Waals surface area contributed by atoms with Crippen LogP contribution < -0.4 is 4.90 Å². The number of pyridine rings is 2. The van der Waals surface area contributed by atoms with E-state index in [1.54, 1.807) is 0 Å². The number of furan rings is 2. The number of hydrogen-bond donors (Lipinski definition) is 0. The second-order valence-corrected chi connectivity index (χ2v) is 7.93. The summed E-state index contributed by atoms with van der Waals surface area (Å²) in [7, 11) is 0. The van der Waals surface area contributed by atoms with Crippen LogP contribution >= 0.6 is 0 Å². The molecule has 7 aromatic rings. The standard InChI is InChI=1S/C28H17N3O2/c1-2-8-18(9-3-1)31(26-15-14-21-19-10-4-7-13-24(19)33-28(21)30-26)27-16-25-22(17-29-27)20-11-5-6-12-23(20)32-25/h1-17H. The number of para-hydroxylation sites is 3. The molecule has 5 heteroatoms. The molecule has 0 spiro atoms. The smallest absolute Gasteiger partial charge is 0.229 e. The Morgan fingerprint density at radius 3 is 2.06 bits per heavy atom. The van der Waals surface area contributed by atoms with Gasteiger partial charge in [-0.2, -0.15) is 4.98 Å². The van der Waals surface area contributed by atoms with E-state index in [1.807, 2.05) is 90.0 Å². The monoisotopic (exact) mass is 427 g/mol. The number of fused-ring (bicyclic) bond motifs is 6. The van der Waals surface area contributed by atoms with Gasteiger partial charge in [0.2, 0.25) is 5.71 Å². The maximum atomic E-state index is 6.12. The van der Waals surface area contributed by atoms with Crippen LogP contribution in [0.1, 0.15) is 0 Å². The Hall–Kier alpha value is -4.64. The topological polar surface area (TPSA) is 55.3 Å². The van der Waals surface area contributed by atoms with Crippen molar-refractivity contribution in [1.82, 2.24) is 9.97 Å². The summed E-state index contributed by atoms with van der Waals surface area (Å²) in [5.74, 6) is 1.44. The third-order valence-corrected chi connectivity index (χ3v) is 5.95. The molecule has 0 bridgehead atoms. The summed E-state index contributed by atoms with van der Waals surface area (Å²) >= 11 is 0. The first-order chi connectivity index (χ1) is 16.3. The van der Waals surface area contributed by atoms with Crippen molar-refractivity contribution in [2.24, 2.45) is 0 Å². The van der Waals surface area contributed by atoms with Gasteiger partial charge in [0.05, 0.1) is 0 Å². The quantitative estimate of drug-likeness (QED) is 0.289. The van der Waals surface area contributed by atoms with E-state index < -0.39 is 0 Å². The minimum absolute atomic E-state index is 0.597. The Morgan fingerprint density at radius 1 is 0.545 bits per heavy atom. The largest absolute Gasteiger partial charge is 0.456 e. The number of rotatable bonds is 3. The third kappa shape index (κ3) is 2.79. The van der Waals surface area contributed by atoms with Crippen molar-refractivity contribution in [2.45, 2.75) is 0 Å². The molecule has 33 heavy (non-hydrogen) atoms. The van der Waals surface area contributed by atoms with E-state index >= 15 is 0 Å². The van der Waals surface area contributed by atoms with Gasteiger partial charge in [0.25, 0.3) is 0 Å². The average Bonchev–Trinajstić information content (AvgIpc) is 3.42. The number of aromatic nitrogens is 2. The Morgan fingerprint density at radius 2 is 1.24 bits per heavy atom. The molecule has 0 amide bonds. The van der Waals surface area contributed by atoms with E-state index in [9.17, 15) is 0 Å². The molecule has 3 aromatic carbocycles. The molecular formula is C28H17N3O2. The number of hydrogen-bond acceptors (Lipinski definition) is 5. The molecule has 0 aliphatic heterocycles. The normalized spacial score (nSPS) is 11.6. The van der Waals surface area contributed by atoms with Gasteiger partial charge in [-0.25, -0.2) is 4.98 Å². The highest BCUT2D eigenvalue weighted by atomic mass is 16.3. The summed E-state index contributed by atoms with van der Waals surface area (Å²) in [6, 6.07) is 32.1. The van der Waals surface area contributed by atoms with E-state index in [0.29, 0.717) is 5.71 Å². The van der Waals surface area contributed by atoms with Crippen LogP contribution in [0.2, 0.25) is 0 Å². The Balaban J connectivity index is 1.45. The van der Waals surface area contributed by atoms with Crippen molar-refractivity contribution in [2.75, 3.05) is 4.90 Å². The molecule has 0 fully saturated rings. The zero-order valence-corrected chi connectivity index (χ0v) is 17.5. The van der Waals surface area contributed by atoms with Gasteiger partial charge in [0.15, 0.2) is 0 Å². The van der Waals surface area contributed by atoms with Crippen molar-refractivity contribution in [1.29, 1.82) is 0 Å². The van der Waals surface area contributed by atoms with E-state index in [-0.39, 0.29) is 0 Å². The van der Waals surface area contributed by atoms with Crippen molar-refractivity contribution in [3.8, 4) is 0 Å². The molecule has 0 saturated carbocycles. The van der Waals surface area contributed by atoms with E-state index in [0.717, 1.165) is 55.6 Å². The highest BCUT2D eigenvalue weighted by Gasteiger charge is 2.19.